The Balaban J connectivity index is 2.07. The first-order valence-electron chi connectivity index (χ1n) is 10.5. The zero-order valence-electron chi connectivity index (χ0n) is 19.4. The van der Waals surface area contributed by atoms with Crippen molar-refractivity contribution in [3.8, 4) is 11.4 Å². The number of aryl methyl sites for hydroxylation is 1. The Morgan fingerprint density at radius 3 is 2.42 bits per heavy atom. The van der Waals surface area contributed by atoms with Gasteiger partial charge in [0.25, 0.3) is 5.91 Å². The number of primary sulfonamides is 1. The molecule has 0 saturated heterocycles. The van der Waals surface area contributed by atoms with Crippen LogP contribution in [0.5, 0.6) is 5.75 Å². The Morgan fingerprint density at radius 1 is 1.19 bits per heavy atom. The van der Waals surface area contributed by atoms with Gasteiger partial charge in [0.1, 0.15) is 0 Å². The molecule has 0 fully saturated rings. The second kappa shape index (κ2) is 10.1. The number of aliphatic hydroxyl groups is 1. The molecule has 1 unspecified atom stereocenters. The molecule has 3 rings (SSSR count). The van der Waals surface area contributed by atoms with Crippen molar-refractivity contribution >= 4 is 33.2 Å². The lowest BCUT2D eigenvalue weighted by Gasteiger charge is -2.18. The molecule has 3 aromatic rings. The molecule has 8 nitrogen and oxygen atoms in total. The van der Waals surface area contributed by atoms with Gasteiger partial charge in [-0.1, -0.05) is 11.6 Å². The summed E-state index contributed by atoms with van der Waals surface area (Å²) in [5.41, 5.74) is 1.30. The van der Waals surface area contributed by atoms with Gasteiger partial charge in [0.2, 0.25) is 10.0 Å². The number of sulfonamides is 1. The topological polar surface area (TPSA) is 124 Å². The van der Waals surface area contributed by atoms with Crippen LogP contribution in [0, 0.1) is 13.8 Å². The van der Waals surface area contributed by atoms with E-state index in [0.29, 0.717) is 11.3 Å². The number of hydrogen-bond donors (Lipinski definition) is 3. The van der Waals surface area contributed by atoms with E-state index in [4.69, 9.17) is 16.7 Å². The number of aromatic nitrogens is 1. The van der Waals surface area contributed by atoms with Crippen molar-refractivity contribution in [2.45, 2.75) is 44.6 Å². The standard InChI is InChI=1S/C23H23ClF3N3O5S/c1-12-8-16(5-7-21(12)36(28,33)34)29-22(32)18-11-17(9-13(2)31)30(14(18)3)19-6-4-15(24)10-20(19)35-23(25,26)27/h4-8,10-11,13,31H,9H2,1-3H3,(H,29,32)(H2,28,33,34). The van der Waals surface area contributed by atoms with Crippen molar-refractivity contribution in [2.75, 3.05) is 5.32 Å². The Morgan fingerprint density at radius 2 is 1.86 bits per heavy atom. The number of alkyl halides is 3. The maximum absolute atomic E-state index is 13.1. The fraction of sp³-hybridized carbons (Fsp3) is 0.261. The number of benzene rings is 2. The SMILES string of the molecule is Cc1cc(NC(=O)c2cc(CC(C)O)n(-c3ccc(Cl)cc3OC(F)(F)F)c2C)ccc1S(N)(=O)=O. The van der Waals surface area contributed by atoms with Crippen LogP contribution in [0.2, 0.25) is 5.02 Å². The monoisotopic (exact) mass is 545 g/mol. The van der Waals surface area contributed by atoms with Crippen LogP contribution in [0.4, 0.5) is 18.9 Å². The first-order valence-corrected chi connectivity index (χ1v) is 12.4. The van der Waals surface area contributed by atoms with Crippen LogP contribution in [0.1, 0.15) is 34.2 Å². The number of nitrogens with zero attached hydrogens (tertiary/aromatic N) is 1. The van der Waals surface area contributed by atoms with E-state index in [9.17, 15) is 31.5 Å². The number of carbonyl (C=O) groups is 1. The number of hydrogen-bond acceptors (Lipinski definition) is 5. The molecule has 0 radical (unpaired) electrons. The minimum Gasteiger partial charge on any atom is -0.403 e. The number of carbonyl (C=O) groups excluding carboxylic acids is 1. The number of amides is 1. The maximum Gasteiger partial charge on any atom is 0.573 e. The highest BCUT2D eigenvalue weighted by atomic mass is 35.5. The molecule has 4 N–H and O–H groups in total. The average molecular weight is 546 g/mol. The first kappa shape index (κ1) is 27.5. The molecule has 1 aromatic heterocycles. The molecule has 13 heteroatoms. The zero-order valence-corrected chi connectivity index (χ0v) is 20.9. The normalized spacial score (nSPS) is 12.9. The van der Waals surface area contributed by atoms with Gasteiger partial charge in [-0.15, -0.1) is 13.2 Å². The lowest BCUT2D eigenvalue weighted by Crippen LogP contribution is -2.19. The molecule has 194 valence electrons. The third-order valence-electron chi connectivity index (χ3n) is 5.20. The van der Waals surface area contributed by atoms with Gasteiger partial charge in [0, 0.05) is 34.6 Å². The van der Waals surface area contributed by atoms with Crippen LogP contribution in [0.3, 0.4) is 0 Å². The highest BCUT2D eigenvalue weighted by Crippen LogP contribution is 2.35. The number of halogens is 4. The molecule has 0 saturated carbocycles. The molecule has 2 aromatic carbocycles. The quantitative estimate of drug-likeness (QED) is 0.404. The molecular formula is C23H23ClF3N3O5S. The largest absolute Gasteiger partial charge is 0.573 e. The molecule has 0 bridgehead atoms. The molecule has 36 heavy (non-hydrogen) atoms. The number of anilines is 1. The van der Waals surface area contributed by atoms with E-state index in [0.717, 1.165) is 6.07 Å². The van der Waals surface area contributed by atoms with Gasteiger partial charge in [0.05, 0.1) is 22.3 Å². The van der Waals surface area contributed by atoms with Crippen LogP contribution in [-0.2, 0) is 16.4 Å². The van der Waals surface area contributed by atoms with Crippen LogP contribution < -0.4 is 15.2 Å². The van der Waals surface area contributed by atoms with E-state index < -0.39 is 34.1 Å². The number of nitrogens with one attached hydrogen (secondary N) is 1. The van der Waals surface area contributed by atoms with Gasteiger partial charge in [-0.3, -0.25) is 4.79 Å². The van der Waals surface area contributed by atoms with Gasteiger partial charge in [-0.25, -0.2) is 13.6 Å². The summed E-state index contributed by atoms with van der Waals surface area (Å²) < 4.78 is 68.0. The van der Waals surface area contributed by atoms with Crippen molar-refractivity contribution in [3.05, 3.63) is 70.0 Å². The molecular weight excluding hydrogens is 523 g/mol. The Hall–Kier alpha value is -3.06. The highest BCUT2D eigenvalue weighted by molar-refractivity contribution is 7.89. The second-order valence-corrected chi connectivity index (χ2v) is 10.1. The summed E-state index contributed by atoms with van der Waals surface area (Å²) in [5.74, 6) is -1.19. The molecule has 1 atom stereocenters. The van der Waals surface area contributed by atoms with Gasteiger partial charge in [0.15, 0.2) is 5.75 Å². The number of nitrogens with two attached hydrogens (primary N) is 1. The van der Waals surface area contributed by atoms with Crippen molar-refractivity contribution in [1.82, 2.24) is 4.57 Å². The van der Waals surface area contributed by atoms with Crippen molar-refractivity contribution in [1.29, 1.82) is 0 Å². The summed E-state index contributed by atoms with van der Waals surface area (Å²) >= 11 is 5.89. The minimum atomic E-state index is -4.99. The number of aliphatic hydroxyl groups excluding tert-OH is 1. The molecule has 0 aliphatic rings. The Kier molecular flexibility index (Phi) is 7.75. The third kappa shape index (κ3) is 6.38. The van der Waals surface area contributed by atoms with E-state index >= 15 is 0 Å². The van der Waals surface area contributed by atoms with E-state index in [-0.39, 0.29) is 39.0 Å². The first-order chi connectivity index (χ1) is 16.6. The summed E-state index contributed by atoms with van der Waals surface area (Å²) in [4.78, 5) is 13.0. The zero-order chi connectivity index (χ0) is 27.0. The summed E-state index contributed by atoms with van der Waals surface area (Å²) in [7, 11) is -3.94. The summed E-state index contributed by atoms with van der Waals surface area (Å²) in [6.07, 6.45) is -5.85. The molecule has 1 amide bonds. The lowest BCUT2D eigenvalue weighted by atomic mass is 10.1. The Labute approximate surface area is 210 Å². The van der Waals surface area contributed by atoms with Crippen molar-refractivity contribution < 1.29 is 36.2 Å². The number of ether oxygens (including phenoxy) is 1. The van der Waals surface area contributed by atoms with E-state index in [2.05, 4.69) is 10.1 Å². The highest BCUT2D eigenvalue weighted by Gasteiger charge is 2.33. The fourth-order valence-electron chi connectivity index (χ4n) is 3.81. The van der Waals surface area contributed by atoms with E-state index in [1.54, 1.807) is 0 Å². The van der Waals surface area contributed by atoms with Crippen LogP contribution in [0.15, 0.2) is 47.4 Å². The predicted octanol–water partition coefficient (Wildman–Crippen LogP) is 4.47. The molecule has 0 aliphatic carbocycles. The summed E-state index contributed by atoms with van der Waals surface area (Å²) in [5, 5.41) is 17.8. The second-order valence-electron chi connectivity index (χ2n) is 8.16. The molecule has 0 aliphatic heterocycles. The van der Waals surface area contributed by atoms with Crippen molar-refractivity contribution in [3.63, 3.8) is 0 Å². The fourth-order valence-corrected chi connectivity index (χ4v) is 4.74. The van der Waals surface area contributed by atoms with Crippen LogP contribution in [0.25, 0.3) is 5.69 Å². The van der Waals surface area contributed by atoms with Crippen LogP contribution in [-0.4, -0.2) is 36.5 Å². The Bertz CT molecular complexity index is 1420. The predicted molar refractivity (Wildman–Crippen MR) is 128 cm³/mol. The van der Waals surface area contributed by atoms with E-state index in [1.807, 2.05) is 0 Å². The third-order valence-corrected chi connectivity index (χ3v) is 6.51. The lowest BCUT2D eigenvalue weighted by molar-refractivity contribution is -0.274. The molecule has 1 heterocycles. The summed E-state index contributed by atoms with van der Waals surface area (Å²) in [6.45, 7) is 4.54. The van der Waals surface area contributed by atoms with Gasteiger partial charge in [-0.05, 0) is 62.7 Å². The average Bonchev–Trinajstić information content (AvgIpc) is 3.01. The number of rotatable bonds is 7. The van der Waals surface area contributed by atoms with E-state index in [1.165, 1.54) is 61.7 Å². The van der Waals surface area contributed by atoms with Gasteiger partial charge >= 0.3 is 6.36 Å². The van der Waals surface area contributed by atoms with Gasteiger partial charge < -0.3 is 19.7 Å². The minimum absolute atomic E-state index is 0.0103. The smallest absolute Gasteiger partial charge is 0.403 e. The summed E-state index contributed by atoms with van der Waals surface area (Å²) in [6, 6.07) is 9.20. The van der Waals surface area contributed by atoms with Crippen LogP contribution >= 0.6 is 11.6 Å². The van der Waals surface area contributed by atoms with Crippen molar-refractivity contribution in [2.24, 2.45) is 5.14 Å². The maximum atomic E-state index is 13.1. The van der Waals surface area contributed by atoms with Gasteiger partial charge in [-0.2, -0.15) is 0 Å². The molecule has 0 spiro atoms.